The summed E-state index contributed by atoms with van der Waals surface area (Å²) in [6.45, 7) is 0. The van der Waals surface area contributed by atoms with Crippen LogP contribution in [0, 0.1) is 0 Å². The second-order valence-electron chi connectivity index (χ2n) is 6.89. The number of amides is 1. The van der Waals surface area contributed by atoms with Gasteiger partial charge in [0, 0.05) is 17.3 Å². The Morgan fingerprint density at radius 3 is 2.33 bits per heavy atom. The highest BCUT2D eigenvalue weighted by atomic mass is 32.2. The molecule has 4 aromatic rings. The van der Waals surface area contributed by atoms with Crippen molar-refractivity contribution in [2.75, 3.05) is 24.3 Å². The fourth-order valence-electron chi connectivity index (χ4n) is 3.19. The third-order valence-electron chi connectivity index (χ3n) is 4.77. The minimum absolute atomic E-state index is 0.00737. The Hall–Kier alpha value is -4.18. The third kappa shape index (κ3) is 4.85. The van der Waals surface area contributed by atoms with E-state index < -0.39 is 10.0 Å². The van der Waals surface area contributed by atoms with E-state index in [1.54, 1.807) is 6.07 Å². The molecule has 0 radical (unpaired) electrons. The van der Waals surface area contributed by atoms with Gasteiger partial charge < -0.3 is 14.8 Å². The molecule has 0 spiro atoms. The summed E-state index contributed by atoms with van der Waals surface area (Å²) in [5.41, 5.74) is 0.982. The van der Waals surface area contributed by atoms with Crippen molar-refractivity contribution in [3.05, 3.63) is 78.4 Å². The molecular weight excluding hydrogens is 444 g/mol. The van der Waals surface area contributed by atoms with Gasteiger partial charge in [-0.25, -0.2) is 8.42 Å². The minimum atomic E-state index is -3.95. The largest absolute Gasteiger partial charge is 0.481 e. The summed E-state index contributed by atoms with van der Waals surface area (Å²) in [6.07, 6.45) is 0. The average molecular weight is 465 g/mol. The van der Waals surface area contributed by atoms with Crippen LogP contribution in [-0.2, 0) is 10.0 Å². The SMILES string of the molecule is COc1cc(NS(=O)(=O)c2ccc(NC(=O)c3cccc4ccccc34)cc2)nc(OC)n1. The van der Waals surface area contributed by atoms with Crippen LogP contribution in [0.3, 0.4) is 0 Å². The first-order chi connectivity index (χ1) is 15.9. The molecule has 0 aliphatic heterocycles. The molecule has 3 aromatic carbocycles. The number of nitrogens with zero attached hydrogens (tertiary/aromatic N) is 2. The maximum Gasteiger partial charge on any atom is 0.321 e. The summed E-state index contributed by atoms with van der Waals surface area (Å²) in [4.78, 5) is 20.7. The van der Waals surface area contributed by atoms with Crippen LogP contribution in [0.5, 0.6) is 11.9 Å². The van der Waals surface area contributed by atoms with E-state index in [-0.39, 0.29) is 28.5 Å². The highest BCUT2D eigenvalue weighted by Gasteiger charge is 2.17. The number of ether oxygens (including phenoxy) is 2. The second-order valence-corrected chi connectivity index (χ2v) is 8.58. The van der Waals surface area contributed by atoms with E-state index in [0.717, 1.165) is 10.8 Å². The van der Waals surface area contributed by atoms with E-state index in [9.17, 15) is 13.2 Å². The van der Waals surface area contributed by atoms with Crippen LogP contribution in [0.2, 0.25) is 0 Å². The van der Waals surface area contributed by atoms with E-state index in [2.05, 4.69) is 20.0 Å². The first-order valence-corrected chi connectivity index (χ1v) is 11.3. The summed E-state index contributed by atoms with van der Waals surface area (Å²) in [7, 11) is -1.20. The standard InChI is InChI=1S/C23H20N4O5S/c1-31-21-14-20(25-23(26-21)32-2)27-33(29,30)17-12-10-16(11-13-17)24-22(28)19-9-5-7-15-6-3-4-8-18(15)19/h3-14H,1-2H3,(H,24,28)(H,25,26,27). The van der Waals surface area contributed by atoms with Crippen molar-refractivity contribution in [1.29, 1.82) is 0 Å². The van der Waals surface area contributed by atoms with Gasteiger partial charge in [0.15, 0.2) is 5.82 Å². The Morgan fingerprint density at radius 1 is 0.879 bits per heavy atom. The van der Waals surface area contributed by atoms with Crippen LogP contribution in [-0.4, -0.2) is 38.5 Å². The van der Waals surface area contributed by atoms with Crippen molar-refractivity contribution in [1.82, 2.24) is 9.97 Å². The molecule has 0 saturated carbocycles. The summed E-state index contributed by atoms with van der Waals surface area (Å²) >= 11 is 0. The van der Waals surface area contributed by atoms with Gasteiger partial charge in [-0.3, -0.25) is 9.52 Å². The Morgan fingerprint density at radius 2 is 1.61 bits per heavy atom. The molecule has 4 rings (SSSR count). The van der Waals surface area contributed by atoms with E-state index in [1.807, 2.05) is 36.4 Å². The first-order valence-electron chi connectivity index (χ1n) is 9.78. The molecule has 0 bridgehead atoms. The molecule has 0 saturated heterocycles. The number of methoxy groups -OCH3 is 2. The normalized spacial score (nSPS) is 11.1. The van der Waals surface area contributed by atoms with Gasteiger partial charge in [0.1, 0.15) is 0 Å². The van der Waals surface area contributed by atoms with Crippen LogP contribution in [0.4, 0.5) is 11.5 Å². The molecule has 33 heavy (non-hydrogen) atoms. The van der Waals surface area contributed by atoms with E-state index in [0.29, 0.717) is 11.3 Å². The number of nitrogens with one attached hydrogen (secondary N) is 2. The molecule has 10 heteroatoms. The summed E-state index contributed by atoms with van der Waals surface area (Å²) in [6, 6.07) is 20.2. The van der Waals surface area contributed by atoms with Crippen LogP contribution >= 0.6 is 0 Å². The monoisotopic (exact) mass is 464 g/mol. The second kappa shape index (κ2) is 9.13. The summed E-state index contributed by atoms with van der Waals surface area (Å²) in [5.74, 6) is -0.154. The molecule has 0 aliphatic carbocycles. The van der Waals surface area contributed by atoms with E-state index in [1.165, 1.54) is 44.6 Å². The van der Waals surface area contributed by atoms with Gasteiger partial charge in [0.05, 0.1) is 19.1 Å². The number of benzene rings is 3. The van der Waals surface area contributed by atoms with Crippen LogP contribution in [0.1, 0.15) is 10.4 Å². The Labute approximate surface area is 190 Å². The van der Waals surface area contributed by atoms with Crippen LogP contribution < -0.4 is 19.5 Å². The number of carbonyl (C=O) groups excluding carboxylic acids is 1. The lowest BCUT2D eigenvalue weighted by Crippen LogP contribution is -2.15. The fraction of sp³-hybridized carbons (Fsp3) is 0.0870. The van der Waals surface area contributed by atoms with Gasteiger partial charge in [-0.1, -0.05) is 36.4 Å². The number of aromatic nitrogens is 2. The number of anilines is 2. The third-order valence-corrected chi connectivity index (χ3v) is 6.14. The molecule has 0 atom stereocenters. The maximum absolute atomic E-state index is 12.8. The average Bonchev–Trinajstić information content (AvgIpc) is 2.83. The quantitative estimate of drug-likeness (QED) is 0.428. The van der Waals surface area contributed by atoms with Gasteiger partial charge in [-0.05, 0) is 41.1 Å². The zero-order valence-corrected chi connectivity index (χ0v) is 18.6. The maximum atomic E-state index is 12.8. The van der Waals surface area contributed by atoms with Crippen molar-refractivity contribution in [2.24, 2.45) is 0 Å². The van der Waals surface area contributed by atoms with E-state index in [4.69, 9.17) is 9.47 Å². The number of hydrogen-bond donors (Lipinski definition) is 2. The first kappa shape index (κ1) is 22.0. The van der Waals surface area contributed by atoms with Crippen molar-refractivity contribution in [3.8, 4) is 11.9 Å². The molecule has 0 fully saturated rings. The number of carbonyl (C=O) groups is 1. The summed E-state index contributed by atoms with van der Waals surface area (Å²) < 4.78 is 37.9. The van der Waals surface area contributed by atoms with Crippen molar-refractivity contribution in [2.45, 2.75) is 4.90 Å². The lowest BCUT2D eigenvalue weighted by molar-refractivity contribution is 0.102. The molecule has 0 aliphatic rings. The number of rotatable bonds is 7. The van der Waals surface area contributed by atoms with Crippen LogP contribution in [0.15, 0.2) is 77.7 Å². The molecule has 0 unspecified atom stereocenters. The highest BCUT2D eigenvalue weighted by molar-refractivity contribution is 7.92. The lowest BCUT2D eigenvalue weighted by atomic mass is 10.0. The van der Waals surface area contributed by atoms with Crippen molar-refractivity contribution < 1.29 is 22.7 Å². The predicted molar refractivity (Wildman–Crippen MR) is 124 cm³/mol. The van der Waals surface area contributed by atoms with Crippen LogP contribution in [0.25, 0.3) is 10.8 Å². The van der Waals surface area contributed by atoms with Gasteiger partial charge in [0.2, 0.25) is 5.88 Å². The lowest BCUT2D eigenvalue weighted by Gasteiger charge is -2.11. The number of hydrogen-bond acceptors (Lipinski definition) is 7. The Balaban J connectivity index is 1.52. The topological polar surface area (TPSA) is 120 Å². The highest BCUT2D eigenvalue weighted by Crippen LogP contribution is 2.23. The number of fused-ring (bicyclic) bond motifs is 1. The molecule has 1 amide bonds. The zero-order chi connectivity index (χ0) is 23.4. The Bertz CT molecular complexity index is 1400. The Kier molecular flexibility index (Phi) is 6.09. The van der Waals surface area contributed by atoms with Gasteiger partial charge >= 0.3 is 6.01 Å². The molecule has 1 heterocycles. The molecule has 168 valence electrons. The fourth-order valence-corrected chi connectivity index (χ4v) is 4.18. The molecule has 9 nitrogen and oxygen atoms in total. The van der Waals surface area contributed by atoms with Crippen molar-refractivity contribution in [3.63, 3.8) is 0 Å². The predicted octanol–water partition coefficient (Wildman–Crippen LogP) is 3.70. The van der Waals surface area contributed by atoms with Gasteiger partial charge in [-0.15, -0.1) is 0 Å². The van der Waals surface area contributed by atoms with Crippen molar-refractivity contribution >= 4 is 38.2 Å². The zero-order valence-electron chi connectivity index (χ0n) is 17.8. The van der Waals surface area contributed by atoms with E-state index >= 15 is 0 Å². The van der Waals surface area contributed by atoms with Gasteiger partial charge in [-0.2, -0.15) is 9.97 Å². The molecular formula is C23H20N4O5S. The minimum Gasteiger partial charge on any atom is -0.481 e. The number of sulfonamides is 1. The smallest absolute Gasteiger partial charge is 0.321 e. The van der Waals surface area contributed by atoms with Gasteiger partial charge in [0.25, 0.3) is 15.9 Å². The molecule has 2 N–H and O–H groups in total. The molecule has 1 aromatic heterocycles. The summed E-state index contributed by atoms with van der Waals surface area (Å²) in [5, 5.41) is 4.59.